The van der Waals surface area contributed by atoms with Crippen molar-refractivity contribution in [2.45, 2.75) is 26.4 Å². The minimum atomic E-state index is -0.348. The van der Waals surface area contributed by atoms with Crippen LogP contribution >= 0.6 is 11.6 Å². The fraction of sp³-hybridized carbons (Fsp3) is 0.194. The quantitative estimate of drug-likeness (QED) is 0.294. The molecule has 0 unspecified atom stereocenters. The molecule has 4 aromatic rings. The number of halogens is 2. The number of hydrogen-bond acceptors (Lipinski definition) is 3. The largest absolute Gasteiger partial charge is 0.344 e. The smallest absolute Gasteiger partial charge is 0.317 e. The van der Waals surface area contributed by atoms with Gasteiger partial charge in [0.05, 0.1) is 24.0 Å². The molecule has 1 atom stereocenters. The highest BCUT2D eigenvalue weighted by molar-refractivity contribution is 6.30. The van der Waals surface area contributed by atoms with Crippen molar-refractivity contribution < 1.29 is 14.0 Å². The molecule has 1 aromatic heterocycles. The van der Waals surface area contributed by atoms with Crippen LogP contribution in [0.5, 0.6) is 0 Å². The highest BCUT2D eigenvalue weighted by Crippen LogP contribution is 2.34. The van der Waals surface area contributed by atoms with Gasteiger partial charge in [-0.1, -0.05) is 54.1 Å². The minimum absolute atomic E-state index is 0.192. The molecule has 0 bridgehead atoms. The van der Waals surface area contributed by atoms with Gasteiger partial charge in [0, 0.05) is 23.7 Å². The molecule has 0 aliphatic carbocycles. The van der Waals surface area contributed by atoms with E-state index in [1.54, 1.807) is 33.8 Å². The first-order valence-corrected chi connectivity index (χ1v) is 13.4. The Morgan fingerprint density at radius 2 is 1.73 bits per heavy atom. The molecule has 7 nitrogen and oxygen atoms in total. The van der Waals surface area contributed by atoms with Crippen LogP contribution in [0.25, 0.3) is 17.3 Å². The van der Waals surface area contributed by atoms with Gasteiger partial charge >= 0.3 is 6.03 Å². The number of hydrogen-bond donors (Lipinski definition) is 2. The molecule has 0 spiro atoms. The topological polar surface area (TPSA) is 79.3 Å². The van der Waals surface area contributed by atoms with Gasteiger partial charge in [-0.15, -0.1) is 0 Å². The molecule has 2 N–H and O–H groups in total. The van der Waals surface area contributed by atoms with E-state index in [1.807, 2.05) is 62.4 Å². The molecule has 3 aromatic carbocycles. The van der Waals surface area contributed by atoms with E-state index in [-0.39, 0.29) is 42.6 Å². The number of nitrogens with one attached hydrogen (secondary N) is 2. The van der Waals surface area contributed by atoms with E-state index in [2.05, 4.69) is 10.6 Å². The fourth-order valence-electron chi connectivity index (χ4n) is 4.78. The highest BCUT2D eigenvalue weighted by Gasteiger charge is 2.33. The van der Waals surface area contributed by atoms with Crippen molar-refractivity contribution in [1.82, 2.24) is 25.3 Å². The number of benzene rings is 3. The van der Waals surface area contributed by atoms with Crippen molar-refractivity contribution in [2.75, 3.05) is 13.1 Å². The zero-order chi connectivity index (χ0) is 28.2. The lowest BCUT2D eigenvalue weighted by Gasteiger charge is -2.30. The third-order valence-corrected chi connectivity index (χ3v) is 7.01. The number of aromatic nitrogens is 2. The van der Waals surface area contributed by atoms with Crippen LogP contribution in [0, 0.1) is 5.82 Å². The van der Waals surface area contributed by atoms with Gasteiger partial charge in [0.2, 0.25) is 0 Å². The standard InChI is InChI=1S/C31H29ClFN5O2/c1-3-34-31(40)37-18-23(17-21-9-13-25(33)14-10-21)29-27(19-37)28(36-38(29)26-15-11-24(32)12-16-26)30(39)35-20(2)22-7-5-4-6-8-22/h4-17,20H,3,18-19H2,1-2H3,(H,34,40)(H,35,39)/t20-/m1/s1. The number of rotatable bonds is 6. The van der Waals surface area contributed by atoms with Crippen LogP contribution in [0.1, 0.15) is 52.8 Å². The van der Waals surface area contributed by atoms with E-state index >= 15 is 0 Å². The van der Waals surface area contributed by atoms with E-state index < -0.39 is 0 Å². The first-order valence-electron chi connectivity index (χ1n) is 13.1. The van der Waals surface area contributed by atoms with Crippen molar-refractivity contribution in [3.05, 3.63) is 118 Å². The van der Waals surface area contributed by atoms with E-state index in [0.717, 1.165) is 16.7 Å². The van der Waals surface area contributed by atoms with Crippen molar-refractivity contribution in [3.63, 3.8) is 0 Å². The van der Waals surface area contributed by atoms with E-state index in [1.165, 1.54) is 12.1 Å². The number of amides is 3. The summed E-state index contributed by atoms with van der Waals surface area (Å²) >= 11 is 6.16. The third-order valence-electron chi connectivity index (χ3n) is 6.76. The Morgan fingerprint density at radius 3 is 2.40 bits per heavy atom. The van der Waals surface area contributed by atoms with Gasteiger partial charge in [-0.3, -0.25) is 4.79 Å². The van der Waals surface area contributed by atoms with Crippen LogP contribution in [0.3, 0.4) is 0 Å². The van der Waals surface area contributed by atoms with E-state index in [0.29, 0.717) is 28.5 Å². The van der Waals surface area contributed by atoms with Crippen LogP contribution in [0.2, 0.25) is 5.02 Å². The molecule has 204 valence electrons. The highest BCUT2D eigenvalue weighted by atomic mass is 35.5. The van der Waals surface area contributed by atoms with Gasteiger partial charge in [0.25, 0.3) is 5.91 Å². The SMILES string of the molecule is CCNC(=O)N1CC(=Cc2ccc(F)cc2)c2c(c(C(=O)N[C@H](C)c3ccccc3)nn2-c2ccc(Cl)cc2)C1. The number of carbonyl (C=O) groups is 2. The molecule has 0 saturated carbocycles. The Hall–Kier alpha value is -4.43. The van der Waals surface area contributed by atoms with Gasteiger partial charge in [-0.05, 0) is 73.0 Å². The van der Waals surface area contributed by atoms with Gasteiger partial charge < -0.3 is 15.5 Å². The molecular formula is C31H29ClFN5O2. The number of fused-ring (bicyclic) bond motifs is 1. The second-order valence-electron chi connectivity index (χ2n) is 9.58. The lowest BCUT2D eigenvalue weighted by molar-refractivity contribution is 0.0932. The molecule has 2 heterocycles. The second-order valence-corrected chi connectivity index (χ2v) is 10.0. The van der Waals surface area contributed by atoms with Crippen LogP contribution in [-0.4, -0.2) is 39.7 Å². The summed E-state index contributed by atoms with van der Waals surface area (Å²) in [7, 11) is 0. The maximum absolute atomic E-state index is 13.7. The summed E-state index contributed by atoms with van der Waals surface area (Å²) in [5.74, 6) is -0.688. The monoisotopic (exact) mass is 557 g/mol. The van der Waals surface area contributed by atoms with Crippen LogP contribution in [0.4, 0.5) is 9.18 Å². The van der Waals surface area contributed by atoms with Gasteiger partial charge in [-0.2, -0.15) is 5.10 Å². The summed E-state index contributed by atoms with van der Waals surface area (Å²) in [5.41, 5.74) is 4.76. The second kappa shape index (κ2) is 11.8. The van der Waals surface area contributed by atoms with Gasteiger partial charge in [0.15, 0.2) is 5.69 Å². The van der Waals surface area contributed by atoms with Crippen LogP contribution in [0.15, 0.2) is 78.9 Å². The summed E-state index contributed by atoms with van der Waals surface area (Å²) < 4.78 is 15.4. The summed E-state index contributed by atoms with van der Waals surface area (Å²) in [5, 5.41) is 11.3. The molecule has 40 heavy (non-hydrogen) atoms. The summed E-state index contributed by atoms with van der Waals surface area (Å²) in [6.45, 7) is 4.70. The normalized spacial score (nSPS) is 14.5. The first-order chi connectivity index (χ1) is 19.3. The average Bonchev–Trinajstić information content (AvgIpc) is 3.35. The van der Waals surface area contributed by atoms with Crippen LogP contribution in [-0.2, 0) is 6.54 Å². The third kappa shape index (κ3) is 5.77. The average molecular weight is 558 g/mol. The predicted molar refractivity (Wildman–Crippen MR) is 155 cm³/mol. The minimum Gasteiger partial charge on any atom is -0.344 e. The van der Waals surface area contributed by atoms with Gasteiger partial charge in [-0.25, -0.2) is 13.9 Å². The fourth-order valence-corrected chi connectivity index (χ4v) is 4.91. The molecular weight excluding hydrogens is 529 g/mol. The molecule has 5 rings (SSSR count). The van der Waals surface area contributed by atoms with E-state index in [9.17, 15) is 14.0 Å². The lowest BCUT2D eigenvalue weighted by Crippen LogP contribution is -2.42. The summed E-state index contributed by atoms with van der Waals surface area (Å²) in [6, 6.07) is 22.5. The Bertz CT molecular complexity index is 1550. The molecule has 0 fully saturated rings. The maximum atomic E-state index is 13.7. The Morgan fingerprint density at radius 1 is 1.02 bits per heavy atom. The molecule has 0 saturated heterocycles. The van der Waals surface area contributed by atoms with Crippen LogP contribution < -0.4 is 10.6 Å². The summed E-state index contributed by atoms with van der Waals surface area (Å²) in [4.78, 5) is 28.4. The first kappa shape index (κ1) is 27.1. The maximum Gasteiger partial charge on any atom is 0.317 e. The van der Waals surface area contributed by atoms with E-state index in [4.69, 9.17) is 16.7 Å². The zero-order valence-corrected chi connectivity index (χ0v) is 23.0. The predicted octanol–water partition coefficient (Wildman–Crippen LogP) is 6.24. The van der Waals surface area contributed by atoms with Gasteiger partial charge in [0.1, 0.15) is 5.82 Å². The van der Waals surface area contributed by atoms with Crippen molar-refractivity contribution in [2.24, 2.45) is 0 Å². The molecule has 3 amide bonds. The lowest BCUT2D eigenvalue weighted by atomic mass is 9.97. The summed E-state index contributed by atoms with van der Waals surface area (Å²) in [6.07, 6.45) is 1.89. The van der Waals surface area contributed by atoms with Crippen molar-refractivity contribution in [3.8, 4) is 5.69 Å². The number of urea groups is 1. The molecule has 1 aliphatic heterocycles. The zero-order valence-electron chi connectivity index (χ0n) is 22.2. The van der Waals surface area contributed by atoms with Crippen molar-refractivity contribution in [1.29, 1.82) is 0 Å². The molecule has 9 heteroatoms. The number of carbonyl (C=O) groups excluding carboxylic acids is 2. The molecule has 1 aliphatic rings. The van der Waals surface area contributed by atoms with Crippen molar-refractivity contribution >= 4 is 35.2 Å². The Balaban J connectivity index is 1.65. The molecule has 0 radical (unpaired) electrons. The Kier molecular flexibility index (Phi) is 7.98. The Labute approximate surface area is 237 Å². The number of nitrogens with zero attached hydrogens (tertiary/aromatic N) is 3.